The summed E-state index contributed by atoms with van der Waals surface area (Å²) in [6.07, 6.45) is 1.58. The quantitative estimate of drug-likeness (QED) is 0.535. The molecule has 0 amide bonds. The largest absolute Gasteiger partial charge is 0.468 e. The highest BCUT2D eigenvalue weighted by Gasteiger charge is 2.28. The van der Waals surface area contributed by atoms with Crippen molar-refractivity contribution in [3.05, 3.63) is 0 Å². The number of rotatable bonds is 7. The second-order valence-electron chi connectivity index (χ2n) is 4.83. The number of hydrogen-bond acceptors (Lipinski definition) is 4. The summed E-state index contributed by atoms with van der Waals surface area (Å²) >= 11 is 0. The molecule has 0 aliphatic heterocycles. The first-order chi connectivity index (χ1) is 7.31. The number of carbonyl (C=O) groups is 1. The van der Waals surface area contributed by atoms with E-state index in [2.05, 4.69) is 18.6 Å². The Labute approximate surface area is 98.5 Å². The van der Waals surface area contributed by atoms with Crippen LogP contribution in [0.5, 0.6) is 0 Å². The van der Waals surface area contributed by atoms with Crippen LogP contribution in [0.2, 0.25) is 0 Å². The maximum absolute atomic E-state index is 11.3. The molecule has 0 heterocycles. The number of carbonyl (C=O) groups excluding carboxylic acids is 1. The third-order valence-corrected chi connectivity index (χ3v) is 2.81. The highest BCUT2D eigenvalue weighted by molar-refractivity contribution is 5.79. The van der Waals surface area contributed by atoms with Crippen LogP contribution in [-0.4, -0.2) is 31.3 Å². The molecule has 4 nitrogen and oxygen atoms in total. The molecule has 0 bridgehead atoms. The molecular formula is C12H25NO3. The molecule has 0 aliphatic rings. The lowest BCUT2D eigenvalue weighted by atomic mass is 9.98. The second kappa shape index (κ2) is 6.86. The number of ether oxygens (including phenoxy) is 2. The summed E-state index contributed by atoms with van der Waals surface area (Å²) in [5.74, 6) is 0.134. The summed E-state index contributed by atoms with van der Waals surface area (Å²) in [7, 11) is 1.35. The summed E-state index contributed by atoms with van der Waals surface area (Å²) in [6.45, 7) is 8.60. The highest BCUT2D eigenvalue weighted by Crippen LogP contribution is 2.12. The number of hydrogen-bond donors (Lipinski definition) is 1. The molecule has 0 aliphatic carbocycles. The fraction of sp³-hybridized carbons (Fsp3) is 0.917. The van der Waals surface area contributed by atoms with Crippen molar-refractivity contribution in [3.8, 4) is 0 Å². The second-order valence-corrected chi connectivity index (χ2v) is 4.83. The summed E-state index contributed by atoms with van der Waals surface area (Å²) in [5.41, 5.74) is 4.91. The molecule has 0 saturated heterocycles. The Morgan fingerprint density at radius 2 is 1.94 bits per heavy atom. The van der Waals surface area contributed by atoms with Crippen molar-refractivity contribution in [2.45, 2.75) is 52.2 Å². The van der Waals surface area contributed by atoms with Crippen molar-refractivity contribution in [3.63, 3.8) is 0 Å². The Morgan fingerprint density at radius 3 is 2.38 bits per heavy atom. The molecule has 4 heteroatoms. The van der Waals surface area contributed by atoms with Gasteiger partial charge in [0.05, 0.1) is 13.2 Å². The fourth-order valence-electron chi connectivity index (χ4n) is 1.24. The monoisotopic (exact) mass is 231 g/mol. The zero-order chi connectivity index (χ0) is 12.8. The Bertz CT molecular complexity index is 214. The molecule has 0 aromatic heterocycles. The molecule has 2 unspecified atom stereocenters. The standard InChI is InChI=1S/C12H25NO3/c1-9(2)10(3)16-8-6-7-12(4,13)11(14)15-5/h9-10H,6-8,13H2,1-5H3. The Balaban J connectivity index is 3.78. The first-order valence-electron chi connectivity index (χ1n) is 5.80. The fourth-order valence-corrected chi connectivity index (χ4v) is 1.24. The SMILES string of the molecule is COC(=O)C(C)(N)CCCOC(C)C(C)C. The van der Waals surface area contributed by atoms with Crippen LogP contribution in [0.1, 0.15) is 40.5 Å². The zero-order valence-electron chi connectivity index (χ0n) is 11.1. The van der Waals surface area contributed by atoms with Crippen molar-refractivity contribution < 1.29 is 14.3 Å². The van der Waals surface area contributed by atoms with Crippen LogP contribution in [0.3, 0.4) is 0 Å². The van der Waals surface area contributed by atoms with E-state index >= 15 is 0 Å². The van der Waals surface area contributed by atoms with Crippen molar-refractivity contribution in [1.29, 1.82) is 0 Å². The molecule has 0 spiro atoms. The van der Waals surface area contributed by atoms with Crippen LogP contribution in [0.15, 0.2) is 0 Å². The molecule has 2 N–H and O–H groups in total. The van der Waals surface area contributed by atoms with Gasteiger partial charge in [-0.05, 0) is 32.6 Å². The van der Waals surface area contributed by atoms with Gasteiger partial charge >= 0.3 is 5.97 Å². The lowest BCUT2D eigenvalue weighted by Crippen LogP contribution is -2.45. The normalized spacial score (nSPS) is 16.9. The molecule has 0 saturated carbocycles. The topological polar surface area (TPSA) is 61.5 Å². The van der Waals surface area contributed by atoms with Gasteiger partial charge in [0.15, 0.2) is 0 Å². The number of esters is 1. The van der Waals surface area contributed by atoms with Crippen molar-refractivity contribution in [2.75, 3.05) is 13.7 Å². The van der Waals surface area contributed by atoms with Gasteiger partial charge in [0.25, 0.3) is 0 Å². The molecule has 0 fully saturated rings. The van der Waals surface area contributed by atoms with Crippen molar-refractivity contribution in [1.82, 2.24) is 0 Å². The van der Waals surface area contributed by atoms with Gasteiger partial charge in [-0.2, -0.15) is 0 Å². The minimum atomic E-state index is -0.904. The van der Waals surface area contributed by atoms with E-state index in [0.29, 0.717) is 18.9 Å². The summed E-state index contributed by atoms with van der Waals surface area (Å²) in [4.78, 5) is 11.3. The average Bonchev–Trinajstić information content (AvgIpc) is 2.22. The van der Waals surface area contributed by atoms with Crippen LogP contribution < -0.4 is 5.73 Å². The average molecular weight is 231 g/mol. The van der Waals surface area contributed by atoms with Gasteiger partial charge < -0.3 is 15.2 Å². The molecular weight excluding hydrogens is 206 g/mol. The molecule has 96 valence electrons. The lowest BCUT2D eigenvalue weighted by Gasteiger charge is -2.22. The van der Waals surface area contributed by atoms with E-state index in [1.54, 1.807) is 6.92 Å². The lowest BCUT2D eigenvalue weighted by molar-refractivity contribution is -0.146. The van der Waals surface area contributed by atoms with E-state index in [9.17, 15) is 4.79 Å². The molecule has 0 rings (SSSR count). The van der Waals surface area contributed by atoms with E-state index in [4.69, 9.17) is 10.5 Å². The Kier molecular flexibility index (Phi) is 6.60. The van der Waals surface area contributed by atoms with Gasteiger partial charge in [0, 0.05) is 6.61 Å². The Morgan fingerprint density at radius 1 is 1.38 bits per heavy atom. The van der Waals surface area contributed by atoms with Crippen LogP contribution >= 0.6 is 0 Å². The summed E-state index contributed by atoms with van der Waals surface area (Å²) in [6, 6.07) is 0. The minimum Gasteiger partial charge on any atom is -0.468 e. The van der Waals surface area contributed by atoms with Crippen LogP contribution in [0.25, 0.3) is 0 Å². The van der Waals surface area contributed by atoms with Crippen molar-refractivity contribution in [2.24, 2.45) is 11.7 Å². The maximum Gasteiger partial charge on any atom is 0.325 e. The van der Waals surface area contributed by atoms with Gasteiger partial charge in [0.1, 0.15) is 5.54 Å². The third-order valence-electron chi connectivity index (χ3n) is 2.81. The van der Waals surface area contributed by atoms with Crippen molar-refractivity contribution >= 4 is 5.97 Å². The third kappa shape index (κ3) is 5.47. The summed E-state index contributed by atoms with van der Waals surface area (Å²) in [5, 5.41) is 0. The van der Waals surface area contributed by atoms with E-state index in [1.807, 2.05) is 6.92 Å². The molecule has 2 atom stereocenters. The molecule has 16 heavy (non-hydrogen) atoms. The summed E-state index contributed by atoms with van der Waals surface area (Å²) < 4.78 is 10.2. The van der Waals surface area contributed by atoms with Crippen LogP contribution in [-0.2, 0) is 14.3 Å². The maximum atomic E-state index is 11.3. The predicted molar refractivity (Wildman–Crippen MR) is 64.1 cm³/mol. The highest BCUT2D eigenvalue weighted by atomic mass is 16.5. The van der Waals surface area contributed by atoms with E-state index < -0.39 is 5.54 Å². The van der Waals surface area contributed by atoms with Gasteiger partial charge in [-0.15, -0.1) is 0 Å². The van der Waals surface area contributed by atoms with E-state index in [0.717, 1.165) is 6.42 Å². The Hall–Kier alpha value is -0.610. The first-order valence-corrected chi connectivity index (χ1v) is 5.80. The molecule has 0 aromatic rings. The van der Waals surface area contributed by atoms with Crippen LogP contribution in [0, 0.1) is 5.92 Å². The predicted octanol–water partition coefficient (Wildman–Crippen LogP) is 1.72. The minimum absolute atomic E-state index is 0.238. The molecule has 0 radical (unpaired) electrons. The number of methoxy groups -OCH3 is 1. The van der Waals surface area contributed by atoms with E-state index in [-0.39, 0.29) is 12.1 Å². The zero-order valence-corrected chi connectivity index (χ0v) is 11.1. The number of nitrogens with two attached hydrogens (primary N) is 1. The van der Waals surface area contributed by atoms with E-state index in [1.165, 1.54) is 7.11 Å². The first kappa shape index (κ1) is 15.4. The van der Waals surface area contributed by atoms with Gasteiger partial charge in [0.2, 0.25) is 0 Å². The van der Waals surface area contributed by atoms with Gasteiger partial charge in [-0.1, -0.05) is 13.8 Å². The van der Waals surface area contributed by atoms with Gasteiger partial charge in [-0.3, -0.25) is 4.79 Å². The smallest absolute Gasteiger partial charge is 0.325 e. The molecule has 0 aromatic carbocycles. The van der Waals surface area contributed by atoms with Crippen LogP contribution in [0.4, 0.5) is 0 Å². The van der Waals surface area contributed by atoms with Gasteiger partial charge in [-0.25, -0.2) is 0 Å².